The number of aliphatic hydroxyl groups is 1. The van der Waals surface area contributed by atoms with Crippen molar-refractivity contribution >= 4 is 58.3 Å². The Hall–Kier alpha value is -3.65. The summed E-state index contributed by atoms with van der Waals surface area (Å²) in [6, 6.07) is 26.2. The summed E-state index contributed by atoms with van der Waals surface area (Å²) in [5, 5.41) is 23.6. The standard InChI is InChI=1S/C34H35ClN2O4S/c1-23(38)19-26-6-2-3-8-30(26)31(15-17-36-33(39)22-42-18-16-34(40)41)27-7-4-5-24(20-27)9-13-29-14-11-25-10-12-28(35)21-32(25)37-29/h2-14,20-21,23,31,38H,15-19,22H2,1H3,(H,36,39)(H,40,41). The molecule has 3 N–H and O–H groups in total. The molecule has 218 valence electrons. The van der Waals surface area contributed by atoms with Crippen LogP contribution in [0.2, 0.25) is 5.02 Å². The first kappa shape index (κ1) is 31.3. The van der Waals surface area contributed by atoms with Crippen molar-refractivity contribution in [1.82, 2.24) is 10.3 Å². The lowest BCUT2D eigenvalue weighted by atomic mass is 9.84. The quantitative estimate of drug-likeness (QED) is 0.137. The number of thioether (sulfide) groups is 1. The summed E-state index contributed by atoms with van der Waals surface area (Å²) < 4.78 is 0. The first-order valence-electron chi connectivity index (χ1n) is 13.9. The van der Waals surface area contributed by atoms with Gasteiger partial charge < -0.3 is 15.5 Å². The highest BCUT2D eigenvalue weighted by molar-refractivity contribution is 7.99. The Balaban J connectivity index is 1.53. The summed E-state index contributed by atoms with van der Waals surface area (Å²) in [4.78, 5) is 27.8. The monoisotopic (exact) mass is 602 g/mol. The van der Waals surface area contributed by atoms with Crippen LogP contribution in [0.3, 0.4) is 0 Å². The fourth-order valence-electron chi connectivity index (χ4n) is 4.87. The van der Waals surface area contributed by atoms with Gasteiger partial charge in [-0.05, 0) is 66.3 Å². The van der Waals surface area contributed by atoms with Crippen molar-refractivity contribution < 1.29 is 19.8 Å². The van der Waals surface area contributed by atoms with Gasteiger partial charge in [-0.2, -0.15) is 11.8 Å². The number of carboxylic acids is 1. The van der Waals surface area contributed by atoms with Crippen LogP contribution in [0.1, 0.15) is 53.6 Å². The molecule has 0 spiro atoms. The average molecular weight is 603 g/mol. The molecular weight excluding hydrogens is 568 g/mol. The minimum absolute atomic E-state index is 0.00537. The zero-order valence-corrected chi connectivity index (χ0v) is 25.1. The summed E-state index contributed by atoms with van der Waals surface area (Å²) in [7, 11) is 0. The van der Waals surface area contributed by atoms with Crippen LogP contribution in [0.4, 0.5) is 0 Å². The average Bonchev–Trinajstić information content (AvgIpc) is 2.96. The molecule has 0 fully saturated rings. The first-order chi connectivity index (χ1) is 20.3. The van der Waals surface area contributed by atoms with Gasteiger partial charge in [0.2, 0.25) is 5.91 Å². The van der Waals surface area contributed by atoms with Crippen LogP contribution in [0.5, 0.6) is 0 Å². The number of hydrogen-bond acceptors (Lipinski definition) is 5. The number of hydrogen-bond donors (Lipinski definition) is 3. The number of aliphatic hydroxyl groups excluding tert-OH is 1. The number of amides is 1. The molecule has 0 aliphatic carbocycles. The number of carbonyl (C=O) groups excluding carboxylic acids is 1. The summed E-state index contributed by atoms with van der Waals surface area (Å²) in [6.07, 6.45) is 4.79. The van der Waals surface area contributed by atoms with Crippen molar-refractivity contribution in [3.05, 3.63) is 112 Å². The molecule has 4 rings (SSSR count). The van der Waals surface area contributed by atoms with Crippen molar-refractivity contribution in [3.63, 3.8) is 0 Å². The lowest BCUT2D eigenvalue weighted by molar-refractivity contribution is -0.136. The molecule has 1 aromatic heterocycles. The van der Waals surface area contributed by atoms with Crippen LogP contribution < -0.4 is 5.32 Å². The van der Waals surface area contributed by atoms with E-state index in [4.69, 9.17) is 21.7 Å². The number of carboxylic acid groups (broad SMARTS) is 1. The molecule has 0 aliphatic heterocycles. The molecule has 2 atom stereocenters. The SMILES string of the molecule is CC(O)Cc1ccccc1C(CCNC(=O)CSCCC(=O)O)c1cccc(C=Cc2ccc3ccc(Cl)cc3n2)c1. The molecule has 2 unspecified atom stereocenters. The van der Waals surface area contributed by atoms with E-state index in [1.807, 2.05) is 72.8 Å². The predicted octanol–water partition coefficient (Wildman–Crippen LogP) is 6.83. The second kappa shape index (κ2) is 15.5. The number of carbonyl (C=O) groups is 2. The molecule has 0 saturated carbocycles. The van der Waals surface area contributed by atoms with Crippen LogP contribution in [0, 0.1) is 0 Å². The maximum Gasteiger partial charge on any atom is 0.304 e. The van der Waals surface area contributed by atoms with E-state index in [-0.39, 0.29) is 24.0 Å². The summed E-state index contributed by atoms with van der Waals surface area (Å²) in [6.45, 7) is 2.25. The molecule has 42 heavy (non-hydrogen) atoms. The third kappa shape index (κ3) is 9.44. The third-order valence-corrected chi connectivity index (χ3v) is 8.02. The number of benzene rings is 3. The number of aliphatic carboxylic acids is 1. The van der Waals surface area contributed by atoms with Crippen molar-refractivity contribution in [3.8, 4) is 0 Å². The Morgan fingerprint density at radius 2 is 1.83 bits per heavy atom. The largest absolute Gasteiger partial charge is 0.481 e. The van der Waals surface area contributed by atoms with Gasteiger partial charge >= 0.3 is 5.97 Å². The van der Waals surface area contributed by atoms with Crippen molar-refractivity contribution in [1.29, 1.82) is 0 Å². The second-order valence-electron chi connectivity index (χ2n) is 10.2. The lowest BCUT2D eigenvalue weighted by Crippen LogP contribution is -2.27. The second-order valence-corrected chi connectivity index (χ2v) is 11.8. The highest BCUT2D eigenvalue weighted by Gasteiger charge is 2.19. The number of nitrogens with zero attached hydrogens (tertiary/aromatic N) is 1. The molecule has 1 heterocycles. The number of halogens is 1. The van der Waals surface area contributed by atoms with Crippen LogP contribution in [0.25, 0.3) is 23.1 Å². The van der Waals surface area contributed by atoms with E-state index in [9.17, 15) is 14.7 Å². The van der Waals surface area contributed by atoms with Gasteiger partial charge in [-0.1, -0.05) is 78.3 Å². The van der Waals surface area contributed by atoms with Crippen molar-refractivity contribution in [2.24, 2.45) is 0 Å². The van der Waals surface area contributed by atoms with Gasteiger partial charge in [-0.15, -0.1) is 0 Å². The Labute approximate surface area is 255 Å². The van der Waals surface area contributed by atoms with Gasteiger partial charge in [-0.3, -0.25) is 9.59 Å². The molecule has 4 aromatic rings. The Morgan fingerprint density at radius 1 is 1.02 bits per heavy atom. The number of nitrogens with one attached hydrogen (secondary N) is 1. The molecule has 0 radical (unpaired) electrons. The molecule has 3 aromatic carbocycles. The maximum absolute atomic E-state index is 12.4. The van der Waals surface area contributed by atoms with E-state index in [1.165, 1.54) is 11.8 Å². The van der Waals surface area contributed by atoms with Gasteiger partial charge in [0.1, 0.15) is 0 Å². The van der Waals surface area contributed by atoms with Gasteiger partial charge in [0.15, 0.2) is 0 Å². The van der Waals surface area contributed by atoms with Crippen LogP contribution in [-0.2, 0) is 16.0 Å². The molecule has 8 heteroatoms. The van der Waals surface area contributed by atoms with Gasteiger partial charge in [0.05, 0.1) is 29.5 Å². The van der Waals surface area contributed by atoms with E-state index >= 15 is 0 Å². The summed E-state index contributed by atoms with van der Waals surface area (Å²) >= 11 is 7.47. The number of fused-ring (bicyclic) bond motifs is 1. The fourth-order valence-corrected chi connectivity index (χ4v) is 5.79. The Kier molecular flexibility index (Phi) is 11.6. The predicted molar refractivity (Wildman–Crippen MR) is 173 cm³/mol. The molecule has 0 bridgehead atoms. The minimum atomic E-state index is -0.864. The van der Waals surface area contributed by atoms with Crippen LogP contribution >= 0.6 is 23.4 Å². The van der Waals surface area contributed by atoms with E-state index in [1.54, 1.807) is 6.92 Å². The fraction of sp³-hybridized carbons (Fsp3) is 0.265. The van der Waals surface area contributed by atoms with E-state index < -0.39 is 12.1 Å². The summed E-state index contributed by atoms with van der Waals surface area (Å²) in [5.41, 5.74) is 6.01. The number of pyridine rings is 1. The Morgan fingerprint density at radius 3 is 2.64 bits per heavy atom. The zero-order chi connectivity index (χ0) is 29.9. The van der Waals surface area contributed by atoms with Crippen LogP contribution in [0.15, 0.2) is 78.9 Å². The highest BCUT2D eigenvalue weighted by Crippen LogP contribution is 2.32. The normalized spacial score (nSPS) is 12.8. The summed E-state index contributed by atoms with van der Waals surface area (Å²) in [5.74, 6) is -0.346. The van der Waals surface area contributed by atoms with Gasteiger partial charge in [0.25, 0.3) is 0 Å². The van der Waals surface area contributed by atoms with Crippen molar-refractivity contribution in [2.45, 2.75) is 38.2 Å². The topological polar surface area (TPSA) is 99.5 Å². The highest BCUT2D eigenvalue weighted by atomic mass is 35.5. The zero-order valence-electron chi connectivity index (χ0n) is 23.5. The molecule has 6 nitrogen and oxygen atoms in total. The maximum atomic E-state index is 12.4. The number of aromatic nitrogens is 1. The van der Waals surface area contributed by atoms with E-state index in [2.05, 4.69) is 23.5 Å². The first-order valence-corrected chi connectivity index (χ1v) is 15.5. The smallest absolute Gasteiger partial charge is 0.304 e. The minimum Gasteiger partial charge on any atom is -0.481 e. The van der Waals surface area contributed by atoms with Crippen LogP contribution in [-0.4, -0.2) is 51.2 Å². The molecule has 0 saturated heterocycles. The van der Waals surface area contributed by atoms with Gasteiger partial charge in [0, 0.05) is 28.6 Å². The Bertz CT molecular complexity index is 1560. The van der Waals surface area contributed by atoms with E-state index in [0.29, 0.717) is 30.2 Å². The molecular formula is C34H35ClN2O4S. The number of rotatable bonds is 14. The third-order valence-electron chi connectivity index (χ3n) is 6.83. The lowest BCUT2D eigenvalue weighted by Gasteiger charge is -2.22. The van der Waals surface area contributed by atoms with E-state index in [0.717, 1.165) is 38.9 Å². The molecule has 0 aliphatic rings. The van der Waals surface area contributed by atoms with Crippen molar-refractivity contribution in [2.75, 3.05) is 18.1 Å². The van der Waals surface area contributed by atoms with Gasteiger partial charge in [-0.25, -0.2) is 4.98 Å². The molecule has 1 amide bonds.